The zero-order chi connectivity index (χ0) is 13.0. The van der Waals surface area contributed by atoms with Crippen LogP contribution in [-0.4, -0.2) is 7.11 Å². The third kappa shape index (κ3) is 2.43. The molecule has 0 fully saturated rings. The minimum Gasteiger partial charge on any atom is -0.494 e. The molecular weight excluding hydrogens is 252 g/mol. The Hall–Kier alpha value is -2.07. The number of ether oxygens (including phenoxy) is 1. The Morgan fingerprint density at radius 2 is 1.89 bits per heavy atom. The summed E-state index contributed by atoms with van der Waals surface area (Å²) in [4.78, 5) is 10.9. The molecule has 18 heavy (non-hydrogen) atoms. The minimum atomic E-state index is 0.161. The molecule has 2 aromatic rings. The molecule has 0 saturated carbocycles. The molecule has 0 saturated heterocycles. The lowest BCUT2D eigenvalue weighted by Crippen LogP contribution is -1.93. The predicted molar refractivity (Wildman–Crippen MR) is 73.2 cm³/mol. The van der Waals surface area contributed by atoms with Gasteiger partial charge in [0, 0.05) is 5.69 Å². The van der Waals surface area contributed by atoms with Gasteiger partial charge in [0.2, 0.25) is 0 Å². The number of nitroso groups, excluding NO2 is 1. The molecule has 1 N–H and O–H groups in total. The van der Waals surface area contributed by atoms with Crippen molar-refractivity contribution in [2.24, 2.45) is 5.18 Å². The zero-order valence-corrected chi connectivity index (χ0v) is 10.4. The molecule has 92 valence electrons. The van der Waals surface area contributed by atoms with E-state index in [-0.39, 0.29) is 5.69 Å². The van der Waals surface area contributed by atoms with Crippen molar-refractivity contribution in [1.82, 2.24) is 0 Å². The highest BCUT2D eigenvalue weighted by Crippen LogP contribution is 2.41. The third-order valence-corrected chi connectivity index (χ3v) is 2.76. The summed E-state index contributed by atoms with van der Waals surface area (Å²) in [5.74, 6) is 0.382. The summed E-state index contributed by atoms with van der Waals surface area (Å²) >= 11 is 6.07. The number of halogens is 1. The van der Waals surface area contributed by atoms with Gasteiger partial charge in [0.15, 0.2) is 5.69 Å². The molecule has 2 rings (SSSR count). The summed E-state index contributed by atoms with van der Waals surface area (Å²) in [6, 6.07) is 12.6. The molecular formula is C13H11ClN2O2. The molecule has 0 amide bonds. The Labute approximate surface area is 110 Å². The van der Waals surface area contributed by atoms with Crippen molar-refractivity contribution in [2.45, 2.75) is 0 Å². The number of nitrogens with zero attached hydrogens (tertiary/aromatic N) is 1. The lowest BCUT2D eigenvalue weighted by atomic mass is 10.2. The molecule has 4 nitrogen and oxygen atoms in total. The van der Waals surface area contributed by atoms with Crippen molar-refractivity contribution in [3.63, 3.8) is 0 Å². The highest BCUT2D eigenvalue weighted by Gasteiger charge is 2.14. The fourth-order valence-electron chi connectivity index (χ4n) is 1.59. The van der Waals surface area contributed by atoms with Crippen LogP contribution in [0.3, 0.4) is 0 Å². The highest BCUT2D eigenvalue weighted by molar-refractivity contribution is 6.34. The second-order valence-electron chi connectivity index (χ2n) is 3.56. The van der Waals surface area contributed by atoms with Crippen LogP contribution >= 0.6 is 11.6 Å². The van der Waals surface area contributed by atoms with Gasteiger partial charge in [-0.1, -0.05) is 29.8 Å². The van der Waals surface area contributed by atoms with Gasteiger partial charge in [-0.25, -0.2) is 0 Å². The molecule has 2 aromatic carbocycles. The van der Waals surface area contributed by atoms with Gasteiger partial charge in [0.05, 0.1) is 17.8 Å². The van der Waals surface area contributed by atoms with Gasteiger partial charge in [0.25, 0.3) is 0 Å². The topological polar surface area (TPSA) is 50.7 Å². The van der Waals surface area contributed by atoms with E-state index in [1.165, 1.54) is 7.11 Å². The van der Waals surface area contributed by atoms with E-state index in [2.05, 4.69) is 10.5 Å². The van der Waals surface area contributed by atoms with Crippen LogP contribution in [0.4, 0.5) is 17.1 Å². The van der Waals surface area contributed by atoms with Crippen molar-refractivity contribution in [2.75, 3.05) is 12.4 Å². The molecule has 0 radical (unpaired) electrons. The Morgan fingerprint density at radius 3 is 2.50 bits per heavy atom. The molecule has 0 unspecified atom stereocenters. The summed E-state index contributed by atoms with van der Waals surface area (Å²) in [7, 11) is 1.48. The summed E-state index contributed by atoms with van der Waals surface area (Å²) in [6.07, 6.45) is 0. The molecule has 0 aromatic heterocycles. The van der Waals surface area contributed by atoms with E-state index in [1.807, 2.05) is 30.3 Å². The number of hydrogen-bond acceptors (Lipinski definition) is 4. The van der Waals surface area contributed by atoms with Crippen molar-refractivity contribution < 1.29 is 4.74 Å². The van der Waals surface area contributed by atoms with Crippen LogP contribution < -0.4 is 10.1 Å². The minimum absolute atomic E-state index is 0.161. The Kier molecular flexibility index (Phi) is 3.79. The summed E-state index contributed by atoms with van der Waals surface area (Å²) in [5.41, 5.74) is 1.42. The van der Waals surface area contributed by atoms with E-state index in [4.69, 9.17) is 16.3 Å². The molecule has 0 spiro atoms. The van der Waals surface area contributed by atoms with Gasteiger partial charge in [-0.2, -0.15) is 0 Å². The average molecular weight is 263 g/mol. The largest absolute Gasteiger partial charge is 0.494 e. The molecule has 0 aliphatic rings. The Balaban J connectivity index is 2.46. The van der Waals surface area contributed by atoms with Gasteiger partial charge < -0.3 is 10.1 Å². The van der Waals surface area contributed by atoms with Crippen LogP contribution in [0, 0.1) is 4.91 Å². The van der Waals surface area contributed by atoms with E-state index in [0.717, 1.165) is 5.69 Å². The van der Waals surface area contributed by atoms with Crippen LogP contribution in [0.15, 0.2) is 47.6 Å². The van der Waals surface area contributed by atoms with E-state index in [0.29, 0.717) is 16.5 Å². The number of methoxy groups -OCH3 is 1. The SMILES string of the molecule is COc1ccc(Cl)c(Nc2ccccc2)c1N=O. The maximum Gasteiger partial charge on any atom is 0.174 e. The van der Waals surface area contributed by atoms with E-state index < -0.39 is 0 Å². The van der Waals surface area contributed by atoms with Crippen molar-refractivity contribution in [3.8, 4) is 5.75 Å². The fraction of sp³-hybridized carbons (Fsp3) is 0.0769. The summed E-state index contributed by atoms with van der Waals surface area (Å²) in [6.45, 7) is 0. The predicted octanol–water partition coefficient (Wildman–Crippen LogP) is 4.49. The highest BCUT2D eigenvalue weighted by atomic mass is 35.5. The molecule has 0 aliphatic carbocycles. The first-order chi connectivity index (χ1) is 8.76. The van der Waals surface area contributed by atoms with Crippen molar-refractivity contribution >= 4 is 28.7 Å². The lowest BCUT2D eigenvalue weighted by molar-refractivity contribution is 0.416. The van der Waals surface area contributed by atoms with Gasteiger partial charge >= 0.3 is 0 Å². The molecule has 0 aliphatic heterocycles. The van der Waals surface area contributed by atoms with Crippen molar-refractivity contribution in [3.05, 3.63) is 52.4 Å². The van der Waals surface area contributed by atoms with Crippen LogP contribution in [-0.2, 0) is 0 Å². The standard InChI is InChI=1S/C13H11ClN2O2/c1-18-11-8-7-10(14)12(13(11)16-17)15-9-5-3-2-4-6-9/h2-8,15H,1H3. The smallest absolute Gasteiger partial charge is 0.174 e. The number of rotatable bonds is 4. The third-order valence-electron chi connectivity index (χ3n) is 2.44. The summed E-state index contributed by atoms with van der Waals surface area (Å²) in [5, 5.41) is 6.45. The van der Waals surface area contributed by atoms with Crippen LogP contribution in [0.5, 0.6) is 5.75 Å². The maximum absolute atomic E-state index is 10.9. The van der Waals surface area contributed by atoms with Crippen LogP contribution in [0.1, 0.15) is 0 Å². The van der Waals surface area contributed by atoms with E-state index in [1.54, 1.807) is 12.1 Å². The molecule has 5 heteroatoms. The van der Waals surface area contributed by atoms with Gasteiger partial charge in [-0.3, -0.25) is 0 Å². The molecule has 0 heterocycles. The second kappa shape index (κ2) is 5.51. The summed E-state index contributed by atoms with van der Waals surface area (Å²) < 4.78 is 5.08. The van der Waals surface area contributed by atoms with E-state index >= 15 is 0 Å². The maximum atomic E-state index is 10.9. The fourth-order valence-corrected chi connectivity index (χ4v) is 1.79. The Bertz CT molecular complexity index is 558. The first-order valence-corrected chi connectivity index (χ1v) is 5.66. The normalized spacial score (nSPS) is 9.89. The second-order valence-corrected chi connectivity index (χ2v) is 3.96. The van der Waals surface area contributed by atoms with Crippen molar-refractivity contribution in [1.29, 1.82) is 0 Å². The molecule has 0 atom stereocenters. The first kappa shape index (κ1) is 12.4. The quantitative estimate of drug-likeness (QED) is 0.826. The van der Waals surface area contributed by atoms with E-state index in [9.17, 15) is 4.91 Å². The zero-order valence-electron chi connectivity index (χ0n) is 9.68. The lowest BCUT2D eigenvalue weighted by Gasteiger charge is -2.12. The number of hydrogen-bond donors (Lipinski definition) is 1. The molecule has 0 bridgehead atoms. The van der Waals surface area contributed by atoms with Crippen LogP contribution in [0.25, 0.3) is 0 Å². The number of nitrogens with one attached hydrogen (secondary N) is 1. The van der Waals surface area contributed by atoms with Gasteiger partial charge in [0.1, 0.15) is 5.75 Å². The first-order valence-electron chi connectivity index (χ1n) is 5.28. The number of para-hydroxylation sites is 1. The average Bonchev–Trinajstić information content (AvgIpc) is 2.42. The van der Waals surface area contributed by atoms with Gasteiger partial charge in [-0.15, -0.1) is 4.91 Å². The monoisotopic (exact) mass is 262 g/mol. The Morgan fingerprint density at radius 1 is 1.17 bits per heavy atom. The van der Waals surface area contributed by atoms with Crippen LogP contribution in [0.2, 0.25) is 5.02 Å². The van der Waals surface area contributed by atoms with Gasteiger partial charge in [-0.05, 0) is 29.4 Å². The number of benzene rings is 2. The number of anilines is 2.